The van der Waals surface area contributed by atoms with Gasteiger partial charge in [0.25, 0.3) is 0 Å². The first-order chi connectivity index (χ1) is 11.1. The molecule has 1 aliphatic rings. The number of aromatic nitrogens is 3. The van der Waals surface area contributed by atoms with E-state index >= 15 is 0 Å². The van der Waals surface area contributed by atoms with Crippen LogP contribution in [0.2, 0.25) is 0 Å². The van der Waals surface area contributed by atoms with Crippen molar-refractivity contribution >= 4 is 33.5 Å². The number of ketones is 1. The average Bonchev–Trinajstić information content (AvgIpc) is 2.94. The topological polar surface area (TPSA) is 47.8 Å². The third-order valence-corrected chi connectivity index (χ3v) is 5.69. The van der Waals surface area contributed by atoms with Gasteiger partial charge in [-0.3, -0.25) is 4.79 Å². The standard InChI is InChI=1S/C17H20BrN3OS/c1-12-19-20-17(21(12)15-8-3-2-4-9-15)23-11-16(22)13-6-5-7-14(18)10-13/h5-7,10,15H,2-4,8-9,11H2,1H3. The van der Waals surface area contributed by atoms with Gasteiger partial charge in [0.15, 0.2) is 10.9 Å². The summed E-state index contributed by atoms with van der Waals surface area (Å²) in [4.78, 5) is 12.4. The number of nitrogens with zero attached hydrogens (tertiary/aromatic N) is 3. The molecule has 1 aromatic heterocycles. The van der Waals surface area contributed by atoms with Crippen LogP contribution in [0.5, 0.6) is 0 Å². The van der Waals surface area contributed by atoms with Crippen LogP contribution in [-0.4, -0.2) is 26.3 Å². The van der Waals surface area contributed by atoms with E-state index in [1.54, 1.807) is 0 Å². The average molecular weight is 394 g/mol. The number of thioether (sulfide) groups is 1. The predicted molar refractivity (Wildman–Crippen MR) is 96.1 cm³/mol. The second-order valence-corrected chi connectivity index (χ2v) is 7.77. The van der Waals surface area contributed by atoms with Gasteiger partial charge >= 0.3 is 0 Å². The van der Waals surface area contributed by atoms with Crippen LogP contribution in [-0.2, 0) is 0 Å². The molecule has 0 N–H and O–H groups in total. The quantitative estimate of drug-likeness (QED) is 0.538. The van der Waals surface area contributed by atoms with E-state index in [0.717, 1.165) is 21.0 Å². The minimum atomic E-state index is 0.118. The van der Waals surface area contributed by atoms with Crippen molar-refractivity contribution in [3.63, 3.8) is 0 Å². The highest BCUT2D eigenvalue weighted by atomic mass is 79.9. The monoisotopic (exact) mass is 393 g/mol. The van der Waals surface area contributed by atoms with Crippen LogP contribution in [0.3, 0.4) is 0 Å². The van der Waals surface area contributed by atoms with E-state index in [0.29, 0.717) is 11.8 Å². The molecular formula is C17H20BrN3OS. The number of halogens is 1. The summed E-state index contributed by atoms with van der Waals surface area (Å²) in [6.45, 7) is 2.00. The molecule has 2 aromatic rings. The van der Waals surface area contributed by atoms with Gasteiger partial charge < -0.3 is 4.57 Å². The summed E-state index contributed by atoms with van der Waals surface area (Å²) in [5.74, 6) is 1.46. The molecule has 23 heavy (non-hydrogen) atoms. The lowest BCUT2D eigenvalue weighted by molar-refractivity contribution is 0.102. The van der Waals surface area contributed by atoms with Crippen LogP contribution >= 0.6 is 27.7 Å². The third-order valence-electron chi connectivity index (χ3n) is 4.25. The Morgan fingerprint density at radius 1 is 1.30 bits per heavy atom. The van der Waals surface area contributed by atoms with Crippen LogP contribution in [0.1, 0.15) is 54.3 Å². The lowest BCUT2D eigenvalue weighted by Gasteiger charge is -2.24. The lowest BCUT2D eigenvalue weighted by Crippen LogP contribution is -2.15. The maximum absolute atomic E-state index is 12.4. The summed E-state index contributed by atoms with van der Waals surface area (Å²) in [5.41, 5.74) is 0.729. The number of hydrogen-bond donors (Lipinski definition) is 0. The summed E-state index contributed by atoms with van der Waals surface area (Å²) in [6.07, 6.45) is 6.23. The molecule has 1 fully saturated rings. The molecule has 0 aliphatic heterocycles. The molecule has 0 unspecified atom stereocenters. The van der Waals surface area contributed by atoms with Gasteiger partial charge in [-0.25, -0.2) is 0 Å². The minimum Gasteiger partial charge on any atom is -0.303 e. The number of aryl methyl sites for hydroxylation is 1. The summed E-state index contributed by atoms with van der Waals surface area (Å²) >= 11 is 4.90. The van der Waals surface area contributed by atoms with Gasteiger partial charge in [-0.15, -0.1) is 10.2 Å². The number of carbonyl (C=O) groups excluding carboxylic acids is 1. The van der Waals surface area contributed by atoms with Gasteiger partial charge in [0.05, 0.1) is 5.75 Å². The smallest absolute Gasteiger partial charge is 0.191 e. The molecule has 0 atom stereocenters. The van der Waals surface area contributed by atoms with E-state index in [4.69, 9.17) is 0 Å². The van der Waals surface area contributed by atoms with Crippen molar-refractivity contribution in [2.75, 3.05) is 5.75 Å². The van der Waals surface area contributed by atoms with Gasteiger partial charge in [-0.05, 0) is 31.9 Å². The molecule has 0 bridgehead atoms. The Hall–Kier alpha value is -1.14. The maximum atomic E-state index is 12.4. The number of rotatable bonds is 5. The highest BCUT2D eigenvalue weighted by molar-refractivity contribution is 9.10. The highest BCUT2D eigenvalue weighted by Gasteiger charge is 2.21. The number of carbonyl (C=O) groups is 1. The molecule has 122 valence electrons. The van der Waals surface area contributed by atoms with E-state index in [1.807, 2.05) is 31.2 Å². The number of benzene rings is 1. The van der Waals surface area contributed by atoms with Crippen LogP contribution in [0.4, 0.5) is 0 Å². The molecule has 1 aromatic carbocycles. The highest BCUT2D eigenvalue weighted by Crippen LogP contribution is 2.32. The van der Waals surface area contributed by atoms with Gasteiger partial charge in [0.1, 0.15) is 5.82 Å². The molecule has 0 saturated heterocycles. The van der Waals surface area contributed by atoms with Crippen molar-refractivity contribution in [2.24, 2.45) is 0 Å². The largest absolute Gasteiger partial charge is 0.303 e. The SMILES string of the molecule is Cc1nnc(SCC(=O)c2cccc(Br)c2)n1C1CCCCC1. The molecule has 0 spiro atoms. The fraction of sp³-hybridized carbons (Fsp3) is 0.471. The van der Waals surface area contributed by atoms with Gasteiger partial charge in [-0.1, -0.05) is 59.1 Å². The Labute approximate surface area is 149 Å². The molecule has 0 radical (unpaired) electrons. The summed E-state index contributed by atoms with van der Waals surface area (Å²) < 4.78 is 3.16. The van der Waals surface area contributed by atoms with Crippen molar-refractivity contribution in [2.45, 2.75) is 50.2 Å². The Balaban J connectivity index is 1.70. The Morgan fingerprint density at radius 3 is 2.83 bits per heavy atom. The zero-order valence-electron chi connectivity index (χ0n) is 13.2. The molecule has 3 rings (SSSR count). The van der Waals surface area contributed by atoms with Crippen molar-refractivity contribution in [1.82, 2.24) is 14.8 Å². The van der Waals surface area contributed by atoms with Crippen LogP contribution in [0, 0.1) is 6.92 Å². The Bertz CT molecular complexity index is 695. The first kappa shape index (κ1) is 16.7. The van der Waals surface area contributed by atoms with Gasteiger partial charge in [0.2, 0.25) is 0 Å². The molecule has 0 amide bonds. The second-order valence-electron chi connectivity index (χ2n) is 5.91. The first-order valence-corrected chi connectivity index (χ1v) is 9.76. The number of Topliss-reactive ketones (excluding diaryl/α,β-unsaturated/α-hetero) is 1. The molecule has 1 saturated carbocycles. The second kappa shape index (κ2) is 7.62. The molecule has 4 nitrogen and oxygen atoms in total. The first-order valence-electron chi connectivity index (χ1n) is 7.98. The zero-order chi connectivity index (χ0) is 16.2. The van der Waals surface area contributed by atoms with Crippen LogP contribution < -0.4 is 0 Å². The van der Waals surface area contributed by atoms with Crippen LogP contribution in [0.15, 0.2) is 33.9 Å². The Morgan fingerprint density at radius 2 is 2.09 bits per heavy atom. The minimum absolute atomic E-state index is 0.118. The molecule has 6 heteroatoms. The normalized spacial score (nSPS) is 15.7. The van der Waals surface area contributed by atoms with E-state index in [2.05, 4.69) is 30.7 Å². The number of hydrogen-bond acceptors (Lipinski definition) is 4. The fourth-order valence-corrected chi connectivity index (χ4v) is 4.43. The van der Waals surface area contributed by atoms with Crippen molar-refractivity contribution in [3.05, 3.63) is 40.1 Å². The molecule has 1 aliphatic carbocycles. The molecule has 1 heterocycles. The van der Waals surface area contributed by atoms with E-state index in [-0.39, 0.29) is 5.78 Å². The maximum Gasteiger partial charge on any atom is 0.191 e. The fourth-order valence-electron chi connectivity index (χ4n) is 3.08. The molecular weight excluding hydrogens is 374 g/mol. The Kier molecular flexibility index (Phi) is 5.54. The van der Waals surface area contributed by atoms with E-state index < -0.39 is 0 Å². The van der Waals surface area contributed by atoms with E-state index in [9.17, 15) is 4.79 Å². The summed E-state index contributed by atoms with van der Waals surface area (Å²) in [7, 11) is 0. The van der Waals surface area contributed by atoms with Gasteiger partial charge in [-0.2, -0.15) is 0 Å². The van der Waals surface area contributed by atoms with Gasteiger partial charge in [0, 0.05) is 16.1 Å². The van der Waals surface area contributed by atoms with Crippen molar-refractivity contribution < 1.29 is 4.79 Å². The van der Waals surface area contributed by atoms with Crippen molar-refractivity contribution in [3.8, 4) is 0 Å². The van der Waals surface area contributed by atoms with Crippen LogP contribution in [0.25, 0.3) is 0 Å². The van der Waals surface area contributed by atoms with Crippen molar-refractivity contribution in [1.29, 1.82) is 0 Å². The summed E-state index contributed by atoms with van der Waals surface area (Å²) in [5, 5.41) is 9.39. The predicted octanol–water partition coefficient (Wildman–Crippen LogP) is 4.83. The lowest BCUT2D eigenvalue weighted by atomic mass is 9.95. The summed E-state index contributed by atoms with van der Waals surface area (Å²) in [6, 6.07) is 8.01. The third kappa shape index (κ3) is 4.04. The van der Waals surface area contributed by atoms with E-state index in [1.165, 1.54) is 43.9 Å². The zero-order valence-corrected chi connectivity index (χ0v) is 15.6.